The van der Waals surface area contributed by atoms with Crippen LogP contribution in [0.5, 0.6) is 0 Å². The quantitative estimate of drug-likeness (QED) is 0.870. The van der Waals surface area contributed by atoms with Gasteiger partial charge in [-0.2, -0.15) is 0 Å². The molecule has 0 spiro atoms. The molecule has 21 heavy (non-hydrogen) atoms. The van der Waals surface area contributed by atoms with Crippen LogP contribution in [0.2, 0.25) is 0 Å². The third-order valence-corrected chi connectivity index (χ3v) is 4.54. The second kappa shape index (κ2) is 6.23. The third kappa shape index (κ3) is 4.02. The van der Waals surface area contributed by atoms with Gasteiger partial charge in [0.25, 0.3) is 10.0 Å². The van der Waals surface area contributed by atoms with E-state index in [-0.39, 0.29) is 10.7 Å². The molecule has 1 heterocycles. The van der Waals surface area contributed by atoms with Crippen LogP contribution in [0.15, 0.2) is 52.0 Å². The highest BCUT2D eigenvalue weighted by molar-refractivity contribution is 9.10. The molecule has 1 aromatic heterocycles. The Morgan fingerprint density at radius 2 is 1.86 bits per heavy atom. The third-order valence-electron chi connectivity index (χ3n) is 2.55. The van der Waals surface area contributed by atoms with Crippen molar-refractivity contribution in [3.63, 3.8) is 0 Å². The molecule has 6 nitrogen and oxygen atoms in total. The van der Waals surface area contributed by atoms with E-state index in [2.05, 4.69) is 26.2 Å². The zero-order chi connectivity index (χ0) is 15.5. The Morgan fingerprint density at radius 3 is 2.48 bits per heavy atom. The van der Waals surface area contributed by atoms with Crippen molar-refractivity contribution in [2.75, 3.05) is 5.32 Å². The van der Waals surface area contributed by atoms with Crippen molar-refractivity contribution in [3.05, 3.63) is 52.6 Å². The lowest BCUT2D eigenvalue weighted by molar-refractivity contribution is 0.256. The maximum absolute atomic E-state index is 12.0. The Morgan fingerprint density at radius 1 is 1.19 bits per heavy atom. The van der Waals surface area contributed by atoms with E-state index >= 15 is 0 Å². The highest BCUT2D eigenvalue weighted by atomic mass is 79.9. The van der Waals surface area contributed by atoms with Crippen molar-refractivity contribution >= 4 is 37.8 Å². The summed E-state index contributed by atoms with van der Waals surface area (Å²) in [6.45, 7) is 1.84. The maximum atomic E-state index is 12.0. The number of rotatable bonds is 3. The molecule has 2 amide bonds. The molecule has 0 saturated heterocycles. The maximum Gasteiger partial charge on any atom is 0.334 e. The lowest BCUT2D eigenvalue weighted by Gasteiger charge is -2.09. The molecule has 0 aliphatic carbocycles. The highest BCUT2D eigenvalue weighted by Crippen LogP contribution is 2.18. The van der Waals surface area contributed by atoms with Gasteiger partial charge in [0.05, 0.1) is 9.37 Å². The monoisotopic (exact) mass is 369 g/mol. The second-order valence-corrected chi connectivity index (χ2v) is 6.74. The predicted octanol–water partition coefficient (Wildman–Crippen LogP) is 2.66. The molecule has 0 atom stereocenters. The molecule has 1 aromatic carbocycles. The summed E-state index contributed by atoms with van der Waals surface area (Å²) in [6, 6.07) is 8.65. The molecule has 2 rings (SSSR count). The molecule has 2 aromatic rings. The highest BCUT2D eigenvalue weighted by Gasteiger charge is 2.18. The van der Waals surface area contributed by atoms with Crippen LogP contribution in [-0.2, 0) is 10.0 Å². The number of amides is 2. The zero-order valence-corrected chi connectivity index (χ0v) is 13.4. The minimum atomic E-state index is -3.91. The number of nitrogens with zero attached hydrogens (tertiary/aromatic N) is 1. The minimum absolute atomic E-state index is 0.0170. The number of benzene rings is 1. The van der Waals surface area contributed by atoms with Crippen LogP contribution in [0, 0.1) is 6.92 Å². The SMILES string of the molecule is Cc1ccc(S(=O)(=O)NC(=O)Nc2ncccc2Br)cc1. The van der Waals surface area contributed by atoms with E-state index in [0.29, 0.717) is 4.47 Å². The molecule has 110 valence electrons. The van der Waals surface area contributed by atoms with Crippen LogP contribution < -0.4 is 10.0 Å². The summed E-state index contributed by atoms with van der Waals surface area (Å²) in [4.78, 5) is 15.7. The standard InChI is InChI=1S/C13H12BrN3O3S/c1-9-4-6-10(7-5-9)21(19,20)17-13(18)16-12-11(14)3-2-8-15-12/h2-8H,1H3,(H2,15,16,17,18). The van der Waals surface area contributed by atoms with Crippen LogP contribution in [0.1, 0.15) is 5.56 Å². The number of aromatic nitrogens is 1. The number of aryl methyl sites for hydroxylation is 1. The van der Waals surface area contributed by atoms with Gasteiger partial charge in [0.2, 0.25) is 0 Å². The molecule has 0 bridgehead atoms. The first kappa shape index (κ1) is 15.5. The van der Waals surface area contributed by atoms with Crippen LogP contribution in [0.25, 0.3) is 0 Å². The number of pyridine rings is 1. The van der Waals surface area contributed by atoms with Gasteiger partial charge in [0.15, 0.2) is 0 Å². The molecular formula is C13H12BrN3O3S. The van der Waals surface area contributed by atoms with Gasteiger partial charge in [-0.3, -0.25) is 5.32 Å². The molecule has 2 N–H and O–H groups in total. The average molecular weight is 370 g/mol. The molecule has 0 radical (unpaired) electrons. The fourth-order valence-corrected chi connectivity index (χ4v) is 2.77. The van der Waals surface area contributed by atoms with Gasteiger partial charge in [-0.25, -0.2) is 22.9 Å². The summed E-state index contributed by atoms with van der Waals surface area (Å²) < 4.78 is 26.5. The van der Waals surface area contributed by atoms with Crippen LogP contribution in [0.4, 0.5) is 10.6 Å². The number of anilines is 1. The smallest absolute Gasteiger partial charge is 0.291 e. The lowest BCUT2D eigenvalue weighted by atomic mass is 10.2. The van der Waals surface area contributed by atoms with Crippen molar-refractivity contribution in [1.29, 1.82) is 0 Å². The molecule has 0 aliphatic rings. The van der Waals surface area contributed by atoms with Gasteiger partial charge in [-0.15, -0.1) is 0 Å². The summed E-state index contributed by atoms with van der Waals surface area (Å²) in [6.07, 6.45) is 1.48. The molecule has 8 heteroatoms. The van der Waals surface area contributed by atoms with Crippen molar-refractivity contribution in [2.45, 2.75) is 11.8 Å². The number of carbonyl (C=O) groups is 1. The van der Waals surface area contributed by atoms with Crippen molar-refractivity contribution < 1.29 is 13.2 Å². The topological polar surface area (TPSA) is 88.2 Å². The Bertz CT molecular complexity index is 760. The fourth-order valence-electron chi connectivity index (χ4n) is 1.51. The first-order chi connectivity index (χ1) is 9.88. The van der Waals surface area contributed by atoms with E-state index in [1.165, 1.54) is 18.3 Å². The van der Waals surface area contributed by atoms with Crippen molar-refractivity contribution in [2.24, 2.45) is 0 Å². The number of urea groups is 1. The predicted molar refractivity (Wildman–Crippen MR) is 82.5 cm³/mol. The summed E-state index contributed by atoms with van der Waals surface area (Å²) in [5.74, 6) is 0.231. The van der Waals surface area contributed by atoms with E-state index in [1.807, 2.05) is 11.6 Å². The van der Waals surface area contributed by atoms with Gasteiger partial charge >= 0.3 is 6.03 Å². The van der Waals surface area contributed by atoms with Crippen molar-refractivity contribution in [3.8, 4) is 0 Å². The van der Waals surface area contributed by atoms with Gasteiger partial charge in [0.1, 0.15) is 5.82 Å². The van der Waals surface area contributed by atoms with E-state index in [1.54, 1.807) is 24.3 Å². The summed E-state index contributed by atoms with van der Waals surface area (Å²) in [7, 11) is -3.91. The molecule has 0 saturated carbocycles. The molecule has 0 aliphatic heterocycles. The number of carbonyl (C=O) groups excluding carboxylic acids is 1. The Balaban J connectivity index is 2.12. The molecule has 0 fully saturated rings. The summed E-state index contributed by atoms with van der Waals surface area (Å²) >= 11 is 3.20. The number of hydrogen-bond acceptors (Lipinski definition) is 4. The first-order valence-corrected chi connectivity index (χ1v) is 8.17. The van der Waals surface area contributed by atoms with E-state index in [0.717, 1.165) is 5.56 Å². The Kier molecular flexibility index (Phi) is 4.59. The Hall–Kier alpha value is -1.93. The molecular weight excluding hydrogens is 358 g/mol. The summed E-state index contributed by atoms with van der Waals surface area (Å²) in [5, 5.41) is 2.36. The zero-order valence-electron chi connectivity index (χ0n) is 11.0. The average Bonchev–Trinajstić information content (AvgIpc) is 2.41. The van der Waals surface area contributed by atoms with Gasteiger partial charge in [0, 0.05) is 6.20 Å². The van der Waals surface area contributed by atoms with Crippen LogP contribution in [-0.4, -0.2) is 19.4 Å². The lowest BCUT2D eigenvalue weighted by Crippen LogP contribution is -2.34. The van der Waals surface area contributed by atoms with E-state index < -0.39 is 16.1 Å². The van der Waals surface area contributed by atoms with Gasteiger partial charge < -0.3 is 0 Å². The Labute approximate surface area is 130 Å². The van der Waals surface area contributed by atoms with Gasteiger partial charge in [-0.05, 0) is 47.1 Å². The fraction of sp³-hybridized carbons (Fsp3) is 0.0769. The van der Waals surface area contributed by atoms with E-state index in [9.17, 15) is 13.2 Å². The number of halogens is 1. The largest absolute Gasteiger partial charge is 0.334 e. The normalized spacial score (nSPS) is 11.0. The molecule has 0 unspecified atom stereocenters. The summed E-state index contributed by atoms with van der Waals surface area (Å²) in [5.41, 5.74) is 0.927. The van der Waals surface area contributed by atoms with Crippen molar-refractivity contribution in [1.82, 2.24) is 9.71 Å². The number of sulfonamides is 1. The van der Waals surface area contributed by atoms with E-state index in [4.69, 9.17) is 0 Å². The van der Waals surface area contributed by atoms with Crippen LogP contribution >= 0.6 is 15.9 Å². The number of nitrogens with one attached hydrogen (secondary N) is 2. The van der Waals surface area contributed by atoms with Crippen LogP contribution in [0.3, 0.4) is 0 Å². The minimum Gasteiger partial charge on any atom is -0.291 e. The van der Waals surface area contributed by atoms with Gasteiger partial charge in [-0.1, -0.05) is 17.7 Å². The number of hydrogen-bond donors (Lipinski definition) is 2. The first-order valence-electron chi connectivity index (χ1n) is 5.89. The second-order valence-electron chi connectivity index (χ2n) is 4.21.